The van der Waals surface area contributed by atoms with Crippen LogP contribution in [0.15, 0.2) is 11.4 Å². The van der Waals surface area contributed by atoms with Crippen LogP contribution in [0.1, 0.15) is 13.8 Å². The minimum atomic E-state index is -0.424. The van der Waals surface area contributed by atoms with Crippen molar-refractivity contribution in [2.75, 3.05) is 5.73 Å². The first-order valence-corrected chi connectivity index (χ1v) is 5.38. The highest BCUT2D eigenvalue weighted by Gasteiger charge is 2.14. The summed E-state index contributed by atoms with van der Waals surface area (Å²) in [6.07, 6.45) is 0.936. The molecule has 0 fully saturated rings. The van der Waals surface area contributed by atoms with Gasteiger partial charge in [0.2, 0.25) is 0 Å². The Balaban J connectivity index is 2.82. The van der Waals surface area contributed by atoms with Crippen LogP contribution >= 0.6 is 23.4 Å². The van der Waals surface area contributed by atoms with E-state index in [9.17, 15) is 5.11 Å². The Bertz CT molecular complexity index is 321. The maximum absolute atomic E-state index is 9.30. The van der Waals surface area contributed by atoms with Gasteiger partial charge in [-0.25, -0.2) is 9.97 Å². The van der Waals surface area contributed by atoms with Crippen molar-refractivity contribution in [1.82, 2.24) is 9.97 Å². The predicted molar refractivity (Wildman–Crippen MR) is 58.5 cm³/mol. The number of hydrogen-bond acceptors (Lipinski definition) is 5. The van der Waals surface area contributed by atoms with Crippen molar-refractivity contribution in [2.45, 2.75) is 30.2 Å². The maximum atomic E-state index is 9.30. The summed E-state index contributed by atoms with van der Waals surface area (Å²) in [6.45, 7) is 3.61. The molecule has 78 valence electrons. The molecule has 1 rings (SSSR count). The van der Waals surface area contributed by atoms with Gasteiger partial charge in [-0.15, -0.1) is 0 Å². The van der Waals surface area contributed by atoms with Gasteiger partial charge >= 0.3 is 0 Å². The summed E-state index contributed by atoms with van der Waals surface area (Å²) in [5.41, 5.74) is 5.51. The standard InChI is InChI=1S/C8H12ClN3OS/c1-4(13)5(2)14-8-6(9)7(10)11-3-12-8/h3-5,13H,1-2H3,(H2,10,11,12). The van der Waals surface area contributed by atoms with Crippen LogP contribution in [0.3, 0.4) is 0 Å². The van der Waals surface area contributed by atoms with Crippen LogP contribution in [0, 0.1) is 0 Å². The zero-order chi connectivity index (χ0) is 10.7. The minimum absolute atomic E-state index is 0.0156. The van der Waals surface area contributed by atoms with Gasteiger partial charge in [-0.3, -0.25) is 0 Å². The highest BCUT2D eigenvalue weighted by molar-refractivity contribution is 8.00. The van der Waals surface area contributed by atoms with E-state index in [1.165, 1.54) is 18.1 Å². The fourth-order valence-electron chi connectivity index (χ4n) is 0.723. The van der Waals surface area contributed by atoms with E-state index >= 15 is 0 Å². The highest BCUT2D eigenvalue weighted by atomic mass is 35.5. The molecule has 1 aromatic heterocycles. The van der Waals surface area contributed by atoms with Crippen molar-refractivity contribution >= 4 is 29.2 Å². The first-order chi connectivity index (χ1) is 6.52. The summed E-state index contributed by atoms with van der Waals surface area (Å²) >= 11 is 7.27. The molecule has 2 unspecified atom stereocenters. The summed E-state index contributed by atoms with van der Waals surface area (Å²) in [7, 11) is 0. The van der Waals surface area contributed by atoms with Crippen LogP contribution in [0.5, 0.6) is 0 Å². The van der Waals surface area contributed by atoms with E-state index in [0.717, 1.165) is 0 Å². The van der Waals surface area contributed by atoms with Crippen molar-refractivity contribution in [3.8, 4) is 0 Å². The smallest absolute Gasteiger partial charge is 0.146 e. The van der Waals surface area contributed by atoms with Gasteiger partial charge in [0, 0.05) is 5.25 Å². The molecule has 0 spiro atoms. The Morgan fingerprint density at radius 1 is 1.50 bits per heavy atom. The van der Waals surface area contributed by atoms with Crippen LogP contribution in [-0.2, 0) is 0 Å². The fourth-order valence-corrected chi connectivity index (χ4v) is 1.82. The molecule has 3 N–H and O–H groups in total. The largest absolute Gasteiger partial charge is 0.392 e. The summed E-state index contributed by atoms with van der Waals surface area (Å²) in [5, 5.41) is 10.3. The molecule has 4 nitrogen and oxygen atoms in total. The van der Waals surface area contributed by atoms with Crippen molar-refractivity contribution in [3.05, 3.63) is 11.3 Å². The lowest BCUT2D eigenvalue weighted by atomic mass is 10.3. The maximum Gasteiger partial charge on any atom is 0.146 e. The van der Waals surface area contributed by atoms with E-state index in [1.807, 2.05) is 6.92 Å². The number of rotatable bonds is 3. The Kier molecular flexibility index (Phi) is 3.97. The van der Waals surface area contributed by atoms with Gasteiger partial charge in [-0.2, -0.15) is 0 Å². The number of halogens is 1. The summed E-state index contributed by atoms with van der Waals surface area (Å²) in [5.74, 6) is 0.266. The summed E-state index contributed by atoms with van der Waals surface area (Å²) in [4.78, 5) is 7.74. The van der Waals surface area contributed by atoms with Crippen LogP contribution < -0.4 is 5.73 Å². The van der Waals surface area contributed by atoms with Gasteiger partial charge < -0.3 is 10.8 Å². The zero-order valence-electron chi connectivity index (χ0n) is 7.94. The van der Waals surface area contributed by atoms with Gasteiger partial charge in [0.15, 0.2) is 0 Å². The first-order valence-electron chi connectivity index (χ1n) is 4.13. The van der Waals surface area contributed by atoms with E-state index in [0.29, 0.717) is 10.0 Å². The summed E-state index contributed by atoms with van der Waals surface area (Å²) < 4.78 is 0. The van der Waals surface area contributed by atoms with Crippen molar-refractivity contribution in [2.24, 2.45) is 0 Å². The van der Waals surface area contributed by atoms with Gasteiger partial charge in [-0.1, -0.05) is 30.3 Å². The van der Waals surface area contributed by atoms with Gasteiger partial charge in [0.05, 0.1) is 6.10 Å². The molecule has 14 heavy (non-hydrogen) atoms. The third-order valence-corrected chi connectivity index (χ3v) is 3.54. The molecule has 0 saturated heterocycles. The molecular weight excluding hydrogens is 222 g/mol. The third-order valence-electron chi connectivity index (χ3n) is 1.76. The topological polar surface area (TPSA) is 72.0 Å². The minimum Gasteiger partial charge on any atom is -0.392 e. The molecule has 0 bridgehead atoms. The molecule has 0 aliphatic heterocycles. The molecule has 1 heterocycles. The normalized spacial score (nSPS) is 15.1. The Labute approximate surface area is 91.9 Å². The number of aliphatic hydroxyl groups is 1. The lowest BCUT2D eigenvalue weighted by Gasteiger charge is -2.13. The number of nitrogen functional groups attached to an aromatic ring is 1. The van der Waals surface area contributed by atoms with Crippen LogP contribution in [-0.4, -0.2) is 26.4 Å². The van der Waals surface area contributed by atoms with E-state index in [2.05, 4.69) is 9.97 Å². The van der Waals surface area contributed by atoms with Crippen LogP contribution in [0.25, 0.3) is 0 Å². The van der Waals surface area contributed by atoms with Gasteiger partial charge in [0.25, 0.3) is 0 Å². The van der Waals surface area contributed by atoms with E-state index in [1.54, 1.807) is 6.92 Å². The third kappa shape index (κ3) is 2.73. The van der Waals surface area contributed by atoms with Crippen molar-refractivity contribution < 1.29 is 5.11 Å². The quantitative estimate of drug-likeness (QED) is 0.613. The van der Waals surface area contributed by atoms with Gasteiger partial charge in [0.1, 0.15) is 22.2 Å². The fraction of sp³-hybridized carbons (Fsp3) is 0.500. The lowest BCUT2D eigenvalue weighted by molar-refractivity contribution is 0.196. The second-order valence-electron chi connectivity index (χ2n) is 2.94. The monoisotopic (exact) mass is 233 g/mol. The van der Waals surface area contributed by atoms with Crippen LogP contribution in [0.2, 0.25) is 5.02 Å². The Morgan fingerprint density at radius 3 is 2.71 bits per heavy atom. The van der Waals surface area contributed by atoms with E-state index in [4.69, 9.17) is 17.3 Å². The van der Waals surface area contributed by atoms with Gasteiger partial charge in [-0.05, 0) is 6.92 Å². The number of aromatic nitrogens is 2. The molecule has 0 amide bonds. The first kappa shape index (κ1) is 11.6. The number of hydrogen-bond donors (Lipinski definition) is 2. The molecule has 6 heteroatoms. The SMILES string of the molecule is CC(O)C(C)Sc1ncnc(N)c1Cl. The Morgan fingerprint density at radius 2 is 2.14 bits per heavy atom. The second kappa shape index (κ2) is 4.82. The molecule has 1 aromatic rings. The average molecular weight is 234 g/mol. The molecule has 0 radical (unpaired) electrons. The number of anilines is 1. The molecule has 0 aromatic carbocycles. The molecule has 0 saturated carbocycles. The highest BCUT2D eigenvalue weighted by Crippen LogP contribution is 2.31. The average Bonchev–Trinajstić information content (AvgIpc) is 2.12. The number of nitrogens with zero attached hydrogens (tertiary/aromatic N) is 2. The van der Waals surface area contributed by atoms with Crippen molar-refractivity contribution in [3.63, 3.8) is 0 Å². The molecule has 0 aliphatic carbocycles. The molecule has 2 atom stereocenters. The molecular formula is C8H12ClN3OS. The Hall–Kier alpha value is -0.520. The predicted octanol–water partition coefficient (Wildman–Crippen LogP) is 1.57. The zero-order valence-corrected chi connectivity index (χ0v) is 9.51. The van der Waals surface area contributed by atoms with E-state index in [-0.39, 0.29) is 11.1 Å². The van der Waals surface area contributed by atoms with E-state index < -0.39 is 6.10 Å². The second-order valence-corrected chi connectivity index (χ2v) is 4.69. The van der Waals surface area contributed by atoms with Crippen molar-refractivity contribution in [1.29, 1.82) is 0 Å². The number of nitrogens with two attached hydrogens (primary N) is 1. The van der Waals surface area contributed by atoms with Crippen LogP contribution in [0.4, 0.5) is 5.82 Å². The molecule has 0 aliphatic rings. The lowest BCUT2D eigenvalue weighted by Crippen LogP contribution is -2.15. The number of thioether (sulfide) groups is 1. The summed E-state index contributed by atoms with van der Waals surface area (Å²) in [6, 6.07) is 0. The number of aliphatic hydroxyl groups excluding tert-OH is 1.